The molecule has 0 radical (unpaired) electrons. The summed E-state index contributed by atoms with van der Waals surface area (Å²) in [7, 11) is 0. The lowest BCUT2D eigenvalue weighted by molar-refractivity contribution is 0.0992. The first-order valence-electron chi connectivity index (χ1n) is 9.00. The monoisotopic (exact) mass is 407 g/mol. The smallest absolute Gasteiger partial charge is 0.291 e. The zero-order chi connectivity index (χ0) is 20.1. The van der Waals surface area contributed by atoms with Gasteiger partial charge in [-0.1, -0.05) is 41.9 Å². The van der Waals surface area contributed by atoms with E-state index in [-0.39, 0.29) is 18.3 Å². The summed E-state index contributed by atoms with van der Waals surface area (Å²) in [5.74, 6) is 1.07. The van der Waals surface area contributed by atoms with E-state index in [1.165, 1.54) is 0 Å². The summed E-state index contributed by atoms with van der Waals surface area (Å²) in [6.07, 6.45) is 3.38. The predicted molar refractivity (Wildman–Crippen MR) is 110 cm³/mol. The molecule has 0 atom stereocenters. The molecule has 2 aromatic heterocycles. The highest BCUT2D eigenvalue weighted by molar-refractivity contribution is 6.30. The van der Waals surface area contributed by atoms with Gasteiger partial charge in [0.15, 0.2) is 5.76 Å². The van der Waals surface area contributed by atoms with Crippen LogP contribution in [-0.4, -0.2) is 15.7 Å². The average molecular weight is 408 g/mol. The highest BCUT2D eigenvalue weighted by Gasteiger charge is 2.13. The summed E-state index contributed by atoms with van der Waals surface area (Å²) in [5, 5.41) is 7.70. The minimum atomic E-state index is -0.345. The van der Waals surface area contributed by atoms with Crippen LogP contribution in [0.2, 0.25) is 5.02 Å². The van der Waals surface area contributed by atoms with Crippen LogP contribution in [0.3, 0.4) is 0 Å². The summed E-state index contributed by atoms with van der Waals surface area (Å²) < 4.78 is 13.0. The standard InChI is InChI=1S/C22H18ClN3O3/c23-17-6-8-19(9-7-17)28-15-20-10-11-21(29-20)22(27)25-18-12-24-26(14-18)13-16-4-2-1-3-5-16/h1-12,14H,13,15H2,(H,25,27). The van der Waals surface area contributed by atoms with Crippen LogP contribution in [0, 0.1) is 0 Å². The Morgan fingerprint density at radius 1 is 1.07 bits per heavy atom. The molecule has 0 aliphatic carbocycles. The molecule has 0 unspecified atom stereocenters. The van der Waals surface area contributed by atoms with E-state index in [1.807, 2.05) is 30.3 Å². The number of amides is 1. The van der Waals surface area contributed by atoms with E-state index in [0.717, 1.165) is 5.56 Å². The Kier molecular flexibility index (Phi) is 5.63. The van der Waals surface area contributed by atoms with Gasteiger partial charge in [-0.25, -0.2) is 0 Å². The molecule has 29 heavy (non-hydrogen) atoms. The Hall–Kier alpha value is -3.51. The van der Waals surface area contributed by atoms with Gasteiger partial charge in [0.25, 0.3) is 5.91 Å². The van der Waals surface area contributed by atoms with Gasteiger partial charge >= 0.3 is 0 Å². The number of anilines is 1. The number of hydrogen-bond acceptors (Lipinski definition) is 4. The number of nitrogens with one attached hydrogen (secondary N) is 1. The zero-order valence-corrected chi connectivity index (χ0v) is 16.2. The maximum atomic E-state index is 12.4. The molecule has 146 valence electrons. The fourth-order valence-corrected chi connectivity index (χ4v) is 2.87. The third-order valence-corrected chi connectivity index (χ3v) is 4.41. The third kappa shape index (κ3) is 5.06. The molecule has 4 rings (SSSR count). The molecule has 7 heteroatoms. The molecule has 4 aromatic rings. The molecule has 1 amide bonds. The number of rotatable bonds is 7. The Morgan fingerprint density at radius 2 is 1.86 bits per heavy atom. The molecule has 2 aromatic carbocycles. The maximum absolute atomic E-state index is 12.4. The molecule has 0 fully saturated rings. The topological polar surface area (TPSA) is 69.3 Å². The van der Waals surface area contributed by atoms with E-state index in [1.54, 1.807) is 53.5 Å². The highest BCUT2D eigenvalue weighted by atomic mass is 35.5. The average Bonchev–Trinajstić information content (AvgIpc) is 3.38. The molecule has 0 aliphatic heterocycles. The number of halogens is 1. The number of nitrogens with zero attached hydrogens (tertiary/aromatic N) is 2. The van der Waals surface area contributed by atoms with Crippen molar-refractivity contribution in [3.8, 4) is 5.75 Å². The number of benzene rings is 2. The van der Waals surface area contributed by atoms with Crippen molar-refractivity contribution in [2.24, 2.45) is 0 Å². The van der Waals surface area contributed by atoms with Gasteiger partial charge < -0.3 is 14.5 Å². The summed E-state index contributed by atoms with van der Waals surface area (Å²) >= 11 is 5.85. The van der Waals surface area contributed by atoms with Crippen molar-refractivity contribution in [2.45, 2.75) is 13.2 Å². The second-order valence-corrected chi connectivity index (χ2v) is 6.81. The largest absolute Gasteiger partial charge is 0.486 e. The number of carbonyl (C=O) groups is 1. The molecule has 6 nitrogen and oxygen atoms in total. The van der Waals surface area contributed by atoms with Gasteiger partial charge in [-0.15, -0.1) is 0 Å². The quantitative estimate of drug-likeness (QED) is 0.467. The first-order valence-corrected chi connectivity index (χ1v) is 9.38. The predicted octanol–water partition coefficient (Wildman–Crippen LogP) is 5.01. The van der Waals surface area contributed by atoms with Gasteiger partial charge in [0.2, 0.25) is 0 Å². The van der Waals surface area contributed by atoms with E-state index in [9.17, 15) is 4.79 Å². The Labute approximate surface area is 172 Å². The Balaban J connectivity index is 1.32. The molecule has 2 heterocycles. The molecule has 0 bridgehead atoms. The first kappa shape index (κ1) is 18.8. The van der Waals surface area contributed by atoms with Gasteiger partial charge in [0.05, 0.1) is 18.4 Å². The van der Waals surface area contributed by atoms with Crippen LogP contribution in [0.5, 0.6) is 5.75 Å². The molecule has 0 aliphatic rings. The highest BCUT2D eigenvalue weighted by Crippen LogP contribution is 2.18. The van der Waals surface area contributed by atoms with Gasteiger partial charge in [-0.2, -0.15) is 5.10 Å². The van der Waals surface area contributed by atoms with Gasteiger partial charge in [0, 0.05) is 11.2 Å². The van der Waals surface area contributed by atoms with E-state index in [2.05, 4.69) is 10.4 Å². The van der Waals surface area contributed by atoms with Gasteiger partial charge in [-0.3, -0.25) is 9.48 Å². The van der Waals surface area contributed by atoms with Crippen molar-refractivity contribution < 1.29 is 13.9 Å². The van der Waals surface area contributed by atoms with Crippen LogP contribution in [0.25, 0.3) is 0 Å². The number of furan rings is 1. The first-order chi connectivity index (χ1) is 14.2. The molecule has 0 saturated heterocycles. The molecule has 0 saturated carbocycles. The van der Waals surface area contributed by atoms with Gasteiger partial charge in [0.1, 0.15) is 18.1 Å². The summed E-state index contributed by atoms with van der Waals surface area (Å²) in [6.45, 7) is 0.841. The fourth-order valence-electron chi connectivity index (χ4n) is 2.74. The van der Waals surface area contributed by atoms with Crippen LogP contribution >= 0.6 is 11.6 Å². The second kappa shape index (κ2) is 8.67. The van der Waals surface area contributed by atoms with Crippen molar-refractivity contribution in [1.82, 2.24) is 9.78 Å². The summed E-state index contributed by atoms with van der Waals surface area (Å²) in [5.41, 5.74) is 1.73. The zero-order valence-electron chi connectivity index (χ0n) is 15.4. The minimum absolute atomic E-state index is 0.204. The Bertz CT molecular complexity index is 1090. The van der Waals surface area contributed by atoms with Crippen LogP contribution in [0.15, 0.2) is 83.5 Å². The van der Waals surface area contributed by atoms with Crippen LogP contribution in [0.4, 0.5) is 5.69 Å². The lowest BCUT2D eigenvalue weighted by atomic mass is 10.2. The molecule has 0 spiro atoms. The SMILES string of the molecule is O=C(Nc1cnn(Cc2ccccc2)c1)c1ccc(COc2ccc(Cl)cc2)o1. The molecular formula is C22H18ClN3O3. The van der Waals surface area contributed by atoms with E-state index in [4.69, 9.17) is 20.8 Å². The van der Waals surface area contributed by atoms with E-state index >= 15 is 0 Å². The minimum Gasteiger partial charge on any atom is -0.486 e. The van der Waals surface area contributed by atoms with E-state index < -0.39 is 0 Å². The number of aromatic nitrogens is 2. The van der Waals surface area contributed by atoms with Crippen molar-refractivity contribution in [3.05, 3.63) is 101 Å². The fraction of sp³-hybridized carbons (Fsp3) is 0.0909. The maximum Gasteiger partial charge on any atom is 0.291 e. The van der Waals surface area contributed by atoms with Crippen LogP contribution < -0.4 is 10.1 Å². The van der Waals surface area contributed by atoms with Crippen LogP contribution in [-0.2, 0) is 13.2 Å². The third-order valence-electron chi connectivity index (χ3n) is 4.16. The Morgan fingerprint density at radius 3 is 2.66 bits per heavy atom. The van der Waals surface area contributed by atoms with Crippen molar-refractivity contribution in [3.63, 3.8) is 0 Å². The van der Waals surface area contributed by atoms with Crippen molar-refractivity contribution in [1.29, 1.82) is 0 Å². The van der Waals surface area contributed by atoms with Crippen LogP contribution in [0.1, 0.15) is 21.9 Å². The van der Waals surface area contributed by atoms with Crippen molar-refractivity contribution >= 4 is 23.2 Å². The lowest BCUT2D eigenvalue weighted by Crippen LogP contribution is -2.10. The second-order valence-electron chi connectivity index (χ2n) is 6.37. The molecular weight excluding hydrogens is 390 g/mol. The summed E-state index contributed by atoms with van der Waals surface area (Å²) in [4.78, 5) is 12.4. The summed E-state index contributed by atoms with van der Waals surface area (Å²) in [6, 6.07) is 20.3. The number of ether oxygens (including phenoxy) is 1. The van der Waals surface area contributed by atoms with E-state index in [0.29, 0.717) is 28.8 Å². The normalized spacial score (nSPS) is 10.7. The number of carbonyl (C=O) groups excluding carboxylic acids is 1. The van der Waals surface area contributed by atoms with Gasteiger partial charge in [-0.05, 0) is 42.0 Å². The van der Waals surface area contributed by atoms with Crippen molar-refractivity contribution in [2.75, 3.05) is 5.32 Å². The number of hydrogen-bond donors (Lipinski definition) is 1. The lowest BCUT2D eigenvalue weighted by Gasteiger charge is -2.04. The molecule has 1 N–H and O–H groups in total.